The van der Waals surface area contributed by atoms with Gasteiger partial charge in [-0.05, 0) is 130 Å². The van der Waals surface area contributed by atoms with Gasteiger partial charge in [-0.15, -0.1) is 0 Å². The highest BCUT2D eigenvalue weighted by Crippen LogP contribution is 2.65. The second kappa shape index (κ2) is 15.2. The number of anilines is 6. The van der Waals surface area contributed by atoms with Crippen molar-refractivity contribution in [3.8, 4) is 22.3 Å². The maximum atomic E-state index is 2.56. The van der Waals surface area contributed by atoms with Gasteiger partial charge >= 0.3 is 0 Å². The molecule has 0 N–H and O–H groups in total. The average Bonchev–Trinajstić information content (AvgIpc) is 3.77. The van der Waals surface area contributed by atoms with Crippen molar-refractivity contribution < 1.29 is 0 Å². The molecule has 0 aliphatic heterocycles. The van der Waals surface area contributed by atoms with Crippen LogP contribution in [0.15, 0.2) is 194 Å². The fourth-order valence-corrected chi connectivity index (χ4v) is 13.1. The Bertz CT molecular complexity index is 3230. The van der Waals surface area contributed by atoms with Gasteiger partial charge in [-0.25, -0.2) is 0 Å². The molecule has 2 aliphatic rings. The Morgan fingerprint density at radius 2 is 0.754 bits per heavy atom. The molecule has 0 fully saturated rings. The maximum absolute atomic E-state index is 2.56. The lowest BCUT2D eigenvalue weighted by atomic mass is 9.70. The zero-order valence-corrected chi connectivity index (χ0v) is 40.9. The minimum Gasteiger partial charge on any atom is -0.310 e. The van der Waals surface area contributed by atoms with E-state index in [1.54, 1.807) is 0 Å². The Morgan fingerprint density at radius 1 is 0.338 bits per heavy atom. The minimum atomic E-state index is -1.53. The molecule has 9 aromatic carbocycles. The highest BCUT2D eigenvalue weighted by atomic mass is 28.3. The first-order chi connectivity index (χ1) is 31.3. The second-order valence-corrected chi connectivity index (χ2v) is 30.5. The van der Waals surface area contributed by atoms with Crippen molar-refractivity contribution in [2.45, 2.75) is 58.5 Å². The summed E-state index contributed by atoms with van der Waals surface area (Å²) in [5.74, 6) is 0. The Morgan fingerprint density at radius 3 is 1.25 bits per heavy atom. The molecule has 65 heavy (non-hydrogen) atoms. The molecule has 0 aromatic heterocycles. The summed E-state index contributed by atoms with van der Waals surface area (Å²) in [6, 6.07) is 74.3. The van der Waals surface area contributed by atoms with E-state index in [-0.39, 0.29) is 0 Å². The Labute approximate surface area is 387 Å². The van der Waals surface area contributed by atoms with Crippen LogP contribution in [0.25, 0.3) is 33.0 Å². The summed E-state index contributed by atoms with van der Waals surface area (Å²) in [5.41, 5.74) is 19.4. The highest BCUT2D eigenvalue weighted by molar-refractivity contribution is 6.89. The van der Waals surface area contributed by atoms with Crippen LogP contribution in [0.2, 0.25) is 39.3 Å². The predicted octanol–water partition coefficient (Wildman–Crippen LogP) is 15.8. The van der Waals surface area contributed by atoms with Crippen LogP contribution in [0, 0.1) is 13.8 Å². The van der Waals surface area contributed by atoms with Gasteiger partial charge in [0.15, 0.2) is 0 Å². The molecule has 1 spiro atoms. The van der Waals surface area contributed by atoms with Crippen LogP contribution in [-0.2, 0) is 5.41 Å². The molecule has 0 amide bonds. The van der Waals surface area contributed by atoms with Crippen LogP contribution in [0.4, 0.5) is 34.1 Å². The van der Waals surface area contributed by atoms with Crippen molar-refractivity contribution in [3.05, 3.63) is 228 Å². The number of nitrogens with zero attached hydrogens (tertiary/aromatic N) is 2. The van der Waals surface area contributed by atoms with Crippen LogP contribution in [0.1, 0.15) is 33.4 Å². The number of benzene rings is 9. The van der Waals surface area contributed by atoms with Gasteiger partial charge in [0.1, 0.15) is 0 Å². The molecule has 0 unspecified atom stereocenters. The first-order valence-electron chi connectivity index (χ1n) is 23.2. The zero-order valence-electron chi connectivity index (χ0n) is 38.9. The fourth-order valence-electron chi connectivity index (χ4n) is 10.8. The van der Waals surface area contributed by atoms with E-state index < -0.39 is 21.6 Å². The molecule has 2 aliphatic carbocycles. The number of aryl methyl sites for hydroxylation is 2. The van der Waals surface area contributed by atoms with E-state index >= 15 is 0 Å². The smallest absolute Gasteiger partial charge is 0.0775 e. The second-order valence-electron chi connectivity index (χ2n) is 20.4. The third-order valence-electron chi connectivity index (χ3n) is 14.1. The van der Waals surface area contributed by atoms with Crippen LogP contribution >= 0.6 is 0 Å². The topological polar surface area (TPSA) is 6.48 Å². The zero-order chi connectivity index (χ0) is 44.8. The van der Waals surface area contributed by atoms with Gasteiger partial charge in [0.25, 0.3) is 0 Å². The molecule has 318 valence electrons. The van der Waals surface area contributed by atoms with Crippen molar-refractivity contribution >= 4 is 71.4 Å². The van der Waals surface area contributed by atoms with E-state index in [1.165, 1.54) is 82.5 Å². The van der Waals surface area contributed by atoms with Gasteiger partial charge in [-0.3, -0.25) is 0 Å². The van der Waals surface area contributed by atoms with E-state index in [0.717, 1.165) is 28.4 Å². The summed E-state index contributed by atoms with van der Waals surface area (Å²) in [4.78, 5) is 4.97. The van der Waals surface area contributed by atoms with E-state index in [4.69, 9.17) is 0 Å². The summed E-state index contributed by atoms with van der Waals surface area (Å²) in [7, 11) is -3.04. The van der Waals surface area contributed by atoms with E-state index in [0.29, 0.717) is 0 Å². The standard InChI is InChI=1S/C61H56N2Si2/c1-41-21-25-43(26-22-41)62(44-29-34-48(35-30-44)64(3,4)5)47-33-38-54-57(39-47)61(55-19-13-11-15-50(55)51-16-12-14-20-56(51)61)58-40-59(52-17-9-10-18-53(52)60(54)58)63(45-27-23-42(2)24-28-45)46-31-36-49(37-32-46)65(6,7)8/h9-40H,1-8H3. The van der Waals surface area contributed by atoms with E-state index in [1.807, 2.05) is 0 Å². The lowest BCUT2D eigenvalue weighted by molar-refractivity contribution is 0.794. The van der Waals surface area contributed by atoms with Gasteiger partial charge in [0, 0.05) is 33.8 Å². The predicted molar refractivity (Wildman–Crippen MR) is 285 cm³/mol. The summed E-state index contributed by atoms with van der Waals surface area (Å²) >= 11 is 0. The number of hydrogen-bond acceptors (Lipinski definition) is 2. The monoisotopic (exact) mass is 872 g/mol. The molecule has 0 atom stereocenters. The summed E-state index contributed by atoms with van der Waals surface area (Å²) < 4.78 is 0. The van der Waals surface area contributed by atoms with Crippen molar-refractivity contribution in [1.29, 1.82) is 0 Å². The van der Waals surface area contributed by atoms with Gasteiger partial charge in [0.05, 0.1) is 27.3 Å². The van der Waals surface area contributed by atoms with Crippen molar-refractivity contribution in [2.24, 2.45) is 0 Å². The minimum absolute atomic E-state index is 0.575. The van der Waals surface area contributed by atoms with Crippen LogP contribution in [-0.4, -0.2) is 16.1 Å². The largest absolute Gasteiger partial charge is 0.310 e. The molecule has 9 aromatic rings. The molecule has 2 nitrogen and oxygen atoms in total. The third kappa shape index (κ3) is 6.56. The number of hydrogen-bond donors (Lipinski definition) is 0. The van der Waals surface area contributed by atoms with Crippen molar-refractivity contribution in [1.82, 2.24) is 0 Å². The molecule has 0 saturated carbocycles. The average molecular weight is 873 g/mol. The first-order valence-corrected chi connectivity index (χ1v) is 30.2. The molecule has 11 rings (SSSR count). The lowest BCUT2D eigenvalue weighted by Gasteiger charge is -2.34. The Hall–Kier alpha value is -6.73. The van der Waals surface area contributed by atoms with Gasteiger partial charge in [-0.1, -0.05) is 188 Å². The summed E-state index contributed by atoms with van der Waals surface area (Å²) in [6.07, 6.45) is 0. The van der Waals surface area contributed by atoms with Crippen LogP contribution in [0.5, 0.6) is 0 Å². The molecular weight excluding hydrogens is 817 g/mol. The Balaban J connectivity index is 1.22. The van der Waals surface area contributed by atoms with Gasteiger partial charge in [-0.2, -0.15) is 0 Å². The summed E-state index contributed by atoms with van der Waals surface area (Å²) in [5, 5.41) is 5.42. The van der Waals surface area contributed by atoms with Crippen molar-refractivity contribution in [3.63, 3.8) is 0 Å². The van der Waals surface area contributed by atoms with Crippen molar-refractivity contribution in [2.75, 3.05) is 9.80 Å². The molecule has 0 radical (unpaired) electrons. The number of rotatable bonds is 8. The molecular formula is C61H56N2Si2. The normalized spacial score (nSPS) is 13.4. The highest BCUT2D eigenvalue weighted by Gasteiger charge is 2.52. The van der Waals surface area contributed by atoms with E-state index in [2.05, 4.69) is 257 Å². The summed E-state index contributed by atoms with van der Waals surface area (Å²) in [6.45, 7) is 18.9. The maximum Gasteiger partial charge on any atom is 0.0775 e. The lowest BCUT2D eigenvalue weighted by Crippen LogP contribution is -2.37. The molecule has 0 saturated heterocycles. The molecule has 0 heterocycles. The first kappa shape index (κ1) is 41.0. The van der Waals surface area contributed by atoms with Crippen LogP contribution < -0.4 is 20.2 Å². The number of fused-ring (bicyclic) bond motifs is 12. The molecule has 4 heteroatoms. The SMILES string of the molecule is Cc1ccc(N(c2ccc([Si](C)(C)C)cc2)c2ccc3c(c2)C2(c4ccccc4-c4ccccc42)c2cc(N(c4ccc(C)cc4)c4ccc([Si](C)(C)C)cc4)c4ccccc4c2-3)cc1. The van der Waals surface area contributed by atoms with Gasteiger partial charge in [0.2, 0.25) is 0 Å². The Kier molecular flexibility index (Phi) is 9.58. The quantitative estimate of drug-likeness (QED) is 0.140. The third-order valence-corrected chi connectivity index (χ3v) is 18.3. The fraction of sp³-hybridized carbons (Fsp3) is 0.148. The molecule has 0 bridgehead atoms. The van der Waals surface area contributed by atoms with E-state index in [9.17, 15) is 0 Å². The van der Waals surface area contributed by atoms with Gasteiger partial charge < -0.3 is 9.80 Å². The van der Waals surface area contributed by atoms with Crippen LogP contribution in [0.3, 0.4) is 0 Å².